The van der Waals surface area contributed by atoms with Crippen molar-refractivity contribution < 1.29 is 24.2 Å². The molecule has 0 saturated carbocycles. The topological polar surface area (TPSA) is 88.1 Å². The molecule has 1 spiro atoms. The summed E-state index contributed by atoms with van der Waals surface area (Å²) >= 11 is 0. The Morgan fingerprint density at radius 1 is 1.14 bits per heavy atom. The van der Waals surface area contributed by atoms with Crippen molar-refractivity contribution in [1.29, 1.82) is 0 Å². The number of amides is 2. The van der Waals surface area contributed by atoms with Crippen LogP contribution in [0.1, 0.15) is 41.3 Å². The fraction of sp³-hybridized carbons (Fsp3) is 0.310. The Hall–Kier alpha value is -3.68. The average molecular weight is 487 g/mol. The van der Waals surface area contributed by atoms with Gasteiger partial charge in [-0.05, 0) is 60.9 Å². The highest BCUT2D eigenvalue weighted by atomic mass is 16.5. The summed E-state index contributed by atoms with van der Waals surface area (Å²) in [7, 11) is 1.58. The van der Waals surface area contributed by atoms with E-state index in [1.807, 2.05) is 55.5 Å². The molecule has 3 aromatic carbocycles. The van der Waals surface area contributed by atoms with E-state index in [4.69, 9.17) is 9.47 Å². The molecule has 0 aliphatic carbocycles. The lowest BCUT2D eigenvalue weighted by molar-refractivity contribution is -0.146. The quantitative estimate of drug-likeness (QED) is 0.514. The lowest BCUT2D eigenvalue weighted by Gasteiger charge is -2.28. The molecule has 2 N–H and O–H groups in total. The van der Waals surface area contributed by atoms with Gasteiger partial charge < -0.3 is 24.8 Å². The van der Waals surface area contributed by atoms with Crippen molar-refractivity contribution in [3.05, 3.63) is 89.5 Å². The Balaban J connectivity index is 1.50. The zero-order chi connectivity index (χ0) is 25.3. The molecular formula is C29H30N2O5. The first kappa shape index (κ1) is 24.0. The van der Waals surface area contributed by atoms with E-state index in [-0.39, 0.29) is 30.4 Å². The molecule has 0 unspecified atom stereocenters. The van der Waals surface area contributed by atoms with Gasteiger partial charge in [0.2, 0.25) is 0 Å². The van der Waals surface area contributed by atoms with Crippen molar-refractivity contribution in [1.82, 2.24) is 0 Å². The van der Waals surface area contributed by atoms with Crippen LogP contribution in [0.5, 0.6) is 5.75 Å². The van der Waals surface area contributed by atoms with E-state index in [1.165, 1.54) is 0 Å². The van der Waals surface area contributed by atoms with Crippen molar-refractivity contribution in [3.63, 3.8) is 0 Å². The van der Waals surface area contributed by atoms with Crippen molar-refractivity contribution in [2.75, 3.05) is 23.9 Å². The number of aliphatic hydroxyl groups is 1. The molecule has 2 aliphatic heterocycles. The van der Waals surface area contributed by atoms with Crippen molar-refractivity contribution in [3.8, 4) is 5.75 Å². The lowest BCUT2D eigenvalue weighted by Crippen LogP contribution is -2.43. The summed E-state index contributed by atoms with van der Waals surface area (Å²) in [6, 6.07) is 22.3. The van der Waals surface area contributed by atoms with E-state index in [0.29, 0.717) is 36.4 Å². The first-order valence-electron chi connectivity index (χ1n) is 12.2. The van der Waals surface area contributed by atoms with Crippen LogP contribution in [0.15, 0.2) is 72.8 Å². The van der Waals surface area contributed by atoms with Crippen LogP contribution >= 0.6 is 0 Å². The number of carbonyl (C=O) groups is 2. The molecule has 2 amide bonds. The number of ether oxygens (including phenoxy) is 2. The normalized spacial score (nSPS) is 22.6. The number of nitrogens with zero attached hydrogens (tertiary/aromatic N) is 1. The van der Waals surface area contributed by atoms with Gasteiger partial charge in [0.05, 0.1) is 25.4 Å². The Kier molecular flexibility index (Phi) is 6.51. The van der Waals surface area contributed by atoms with Crippen molar-refractivity contribution >= 4 is 23.2 Å². The summed E-state index contributed by atoms with van der Waals surface area (Å²) in [6.07, 6.45) is 0.935. The van der Waals surface area contributed by atoms with Gasteiger partial charge in [-0.25, -0.2) is 0 Å². The minimum atomic E-state index is -1.15. The van der Waals surface area contributed by atoms with Crippen LogP contribution in [0.25, 0.3) is 0 Å². The Morgan fingerprint density at radius 3 is 2.58 bits per heavy atom. The van der Waals surface area contributed by atoms with Crippen LogP contribution in [0.3, 0.4) is 0 Å². The number of aliphatic hydroxyl groups excluding tert-OH is 1. The third-order valence-corrected chi connectivity index (χ3v) is 7.16. The third-order valence-electron chi connectivity index (χ3n) is 7.16. The second-order valence-corrected chi connectivity index (χ2v) is 9.42. The molecule has 3 aromatic rings. The van der Waals surface area contributed by atoms with E-state index in [1.54, 1.807) is 36.3 Å². The minimum Gasteiger partial charge on any atom is -0.497 e. The SMILES string of the molecule is COc1ccc(C(=O)Nc2ccc3c(c2)[C@@]2(O[C@H](CCO)C[C@@H]2C)C(=O)N3Cc2ccccc2)cc1. The molecular weight excluding hydrogens is 456 g/mol. The van der Waals surface area contributed by atoms with Gasteiger partial charge in [-0.1, -0.05) is 37.3 Å². The maximum Gasteiger partial charge on any atom is 0.264 e. The van der Waals surface area contributed by atoms with Gasteiger partial charge in [0, 0.05) is 29.3 Å². The van der Waals surface area contributed by atoms with Gasteiger partial charge in [0.1, 0.15) is 5.75 Å². The fourth-order valence-electron chi connectivity index (χ4n) is 5.34. The molecule has 0 radical (unpaired) electrons. The maximum absolute atomic E-state index is 14.0. The summed E-state index contributed by atoms with van der Waals surface area (Å²) in [6.45, 7) is 2.45. The van der Waals surface area contributed by atoms with Crippen molar-refractivity contribution in [2.45, 2.75) is 38.0 Å². The third kappa shape index (κ3) is 4.14. The average Bonchev–Trinajstić information content (AvgIpc) is 3.34. The number of benzene rings is 3. The van der Waals surface area contributed by atoms with Crippen LogP contribution < -0.4 is 15.0 Å². The number of hydrogen-bond donors (Lipinski definition) is 2. The first-order chi connectivity index (χ1) is 17.5. The van der Waals surface area contributed by atoms with Gasteiger partial charge in [0.15, 0.2) is 5.60 Å². The predicted octanol–water partition coefficient (Wildman–Crippen LogP) is 4.50. The van der Waals surface area contributed by atoms with E-state index >= 15 is 0 Å². The van der Waals surface area contributed by atoms with E-state index in [2.05, 4.69) is 5.32 Å². The van der Waals surface area contributed by atoms with Crippen LogP contribution in [0.2, 0.25) is 0 Å². The Morgan fingerprint density at radius 2 is 1.89 bits per heavy atom. The summed E-state index contributed by atoms with van der Waals surface area (Å²) in [5.74, 6) is 0.227. The monoisotopic (exact) mass is 486 g/mol. The number of anilines is 2. The molecule has 7 nitrogen and oxygen atoms in total. The van der Waals surface area contributed by atoms with E-state index in [0.717, 1.165) is 16.8 Å². The Bertz CT molecular complexity index is 1260. The molecule has 5 rings (SSSR count). The van der Waals surface area contributed by atoms with Gasteiger partial charge in [-0.15, -0.1) is 0 Å². The highest BCUT2D eigenvalue weighted by molar-refractivity contribution is 6.09. The zero-order valence-corrected chi connectivity index (χ0v) is 20.4. The van der Waals surface area contributed by atoms with Crippen LogP contribution in [-0.4, -0.2) is 36.7 Å². The van der Waals surface area contributed by atoms with Crippen LogP contribution in [0, 0.1) is 5.92 Å². The standard InChI is InChI=1S/C29H30N2O5/c1-19-16-24(14-15-32)36-29(19)25-17-22(30-27(33)21-8-11-23(35-2)12-9-21)10-13-26(25)31(28(29)34)18-20-6-4-3-5-7-20/h3-13,17,19,24,32H,14-16,18H2,1-2H3,(H,30,33)/t19-,24+,29+/m0/s1. The molecule has 2 aliphatic rings. The summed E-state index contributed by atoms with van der Waals surface area (Å²) in [5.41, 5.74) is 2.49. The summed E-state index contributed by atoms with van der Waals surface area (Å²) in [5, 5.41) is 12.5. The van der Waals surface area contributed by atoms with Gasteiger partial charge in [-0.3, -0.25) is 9.59 Å². The largest absolute Gasteiger partial charge is 0.497 e. The fourth-order valence-corrected chi connectivity index (χ4v) is 5.34. The lowest BCUT2D eigenvalue weighted by atomic mass is 9.82. The summed E-state index contributed by atoms with van der Waals surface area (Å²) in [4.78, 5) is 28.7. The van der Waals surface area contributed by atoms with Crippen LogP contribution in [0.4, 0.5) is 11.4 Å². The van der Waals surface area contributed by atoms with Crippen molar-refractivity contribution in [2.24, 2.45) is 5.92 Å². The summed E-state index contributed by atoms with van der Waals surface area (Å²) < 4.78 is 11.6. The maximum atomic E-state index is 14.0. The molecule has 186 valence electrons. The molecule has 0 bridgehead atoms. The molecule has 3 atom stereocenters. The number of methoxy groups -OCH3 is 1. The van der Waals surface area contributed by atoms with Gasteiger partial charge in [-0.2, -0.15) is 0 Å². The van der Waals surface area contributed by atoms with Crippen LogP contribution in [-0.2, 0) is 21.7 Å². The number of carbonyl (C=O) groups excluding carboxylic acids is 2. The molecule has 2 heterocycles. The highest BCUT2D eigenvalue weighted by Crippen LogP contribution is 2.54. The number of rotatable bonds is 7. The zero-order valence-electron chi connectivity index (χ0n) is 20.4. The second-order valence-electron chi connectivity index (χ2n) is 9.42. The van der Waals surface area contributed by atoms with E-state index < -0.39 is 5.60 Å². The number of nitrogens with one attached hydrogen (secondary N) is 1. The Labute approximate surface area is 210 Å². The smallest absolute Gasteiger partial charge is 0.264 e. The number of hydrogen-bond acceptors (Lipinski definition) is 5. The van der Waals surface area contributed by atoms with E-state index in [9.17, 15) is 14.7 Å². The molecule has 0 aromatic heterocycles. The molecule has 1 fully saturated rings. The second kappa shape index (κ2) is 9.76. The number of fused-ring (bicyclic) bond motifs is 2. The molecule has 7 heteroatoms. The first-order valence-corrected chi connectivity index (χ1v) is 12.2. The van der Waals surface area contributed by atoms with Gasteiger partial charge >= 0.3 is 0 Å². The molecule has 36 heavy (non-hydrogen) atoms. The highest BCUT2D eigenvalue weighted by Gasteiger charge is 2.60. The minimum absolute atomic E-state index is 0.000201. The van der Waals surface area contributed by atoms with Gasteiger partial charge in [0.25, 0.3) is 11.8 Å². The molecule has 1 saturated heterocycles. The predicted molar refractivity (Wildman–Crippen MR) is 137 cm³/mol.